The van der Waals surface area contributed by atoms with Gasteiger partial charge in [-0.3, -0.25) is 10.1 Å². The van der Waals surface area contributed by atoms with Crippen LogP contribution >= 0.6 is 0 Å². The first-order valence-corrected chi connectivity index (χ1v) is 6.23. The van der Waals surface area contributed by atoms with E-state index < -0.39 is 5.54 Å². The smallest absolute Gasteiger partial charge is 0.247 e. The van der Waals surface area contributed by atoms with E-state index in [0.717, 1.165) is 30.8 Å². The highest BCUT2D eigenvalue weighted by atomic mass is 16.5. The van der Waals surface area contributed by atoms with Crippen LogP contribution in [0.5, 0.6) is 5.75 Å². The summed E-state index contributed by atoms with van der Waals surface area (Å²) in [4.78, 5) is 14.3. The predicted molar refractivity (Wildman–Crippen MR) is 70.6 cm³/mol. The van der Waals surface area contributed by atoms with Gasteiger partial charge >= 0.3 is 0 Å². The van der Waals surface area contributed by atoms with E-state index in [9.17, 15) is 4.79 Å². The fourth-order valence-electron chi connectivity index (χ4n) is 2.48. The number of amides is 1. The third-order valence-corrected chi connectivity index (χ3v) is 3.57. The zero-order valence-electron chi connectivity index (χ0n) is 11.2. The maximum atomic E-state index is 12.5. The summed E-state index contributed by atoms with van der Waals surface area (Å²) in [5.41, 5.74) is 0.184. The molecule has 1 amide bonds. The highest BCUT2D eigenvalue weighted by molar-refractivity contribution is 5.88. The van der Waals surface area contributed by atoms with Crippen molar-refractivity contribution >= 4 is 5.91 Å². The molecule has 0 bridgehead atoms. The number of benzene rings is 1. The molecular weight excluding hydrogens is 228 g/mol. The quantitative estimate of drug-likeness (QED) is 0.859. The minimum Gasteiger partial charge on any atom is -0.496 e. The lowest BCUT2D eigenvalue weighted by atomic mass is 9.90. The SMILES string of the molecule is COc1ccccc1C1(C)NCCCN(C)C1=O. The number of nitrogens with zero attached hydrogens (tertiary/aromatic N) is 1. The Labute approximate surface area is 108 Å². The van der Waals surface area contributed by atoms with Gasteiger partial charge in [-0.1, -0.05) is 18.2 Å². The Bertz CT molecular complexity index is 447. The Balaban J connectivity index is 2.47. The lowest BCUT2D eigenvalue weighted by Crippen LogP contribution is -2.50. The molecule has 4 heteroatoms. The Hall–Kier alpha value is -1.55. The topological polar surface area (TPSA) is 41.6 Å². The molecular formula is C14H20N2O2. The molecule has 1 atom stereocenters. The number of hydrogen-bond acceptors (Lipinski definition) is 3. The van der Waals surface area contributed by atoms with Gasteiger partial charge in [-0.25, -0.2) is 0 Å². The second-order valence-corrected chi connectivity index (χ2v) is 4.83. The van der Waals surface area contributed by atoms with Crippen LogP contribution in [0.15, 0.2) is 24.3 Å². The van der Waals surface area contributed by atoms with Crippen molar-refractivity contribution in [2.45, 2.75) is 18.9 Å². The van der Waals surface area contributed by atoms with E-state index in [1.165, 1.54) is 0 Å². The van der Waals surface area contributed by atoms with Crippen LogP contribution in [0.4, 0.5) is 0 Å². The van der Waals surface area contributed by atoms with Crippen LogP contribution in [0.1, 0.15) is 18.9 Å². The number of carbonyl (C=O) groups is 1. The van der Waals surface area contributed by atoms with E-state index >= 15 is 0 Å². The Morgan fingerprint density at radius 1 is 1.39 bits per heavy atom. The van der Waals surface area contributed by atoms with Crippen molar-refractivity contribution in [3.8, 4) is 5.75 Å². The lowest BCUT2D eigenvalue weighted by molar-refractivity contribution is -0.135. The molecule has 1 aliphatic rings. The summed E-state index contributed by atoms with van der Waals surface area (Å²) in [6, 6.07) is 7.68. The van der Waals surface area contributed by atoms with Crippen LogP contribution < -0.4 is 10.1 Å². The van der Waals surface area contributed by atoms with Crippen LogP contribution in [0, 0.1) is 0 Å². The molecule has 0 aliphatic carbocycles. The van der Waals surface area contributed by atoms with Crippen LogP contribution in [-0.4, -0.2) is 38.1 Å². The number of likely N-dealkylation sites (N-methyl/N-ethyl adjacent to an activating group) is 1. The van der Waals surface area contributed by atoms with Crippen molar-refractivity contribution in [3.63, 3.8) is 0 Å². The fraction of sp³-hybridized carbons (Fsp3) is 0.500. The maximum Gasteiger partial charge on any atom is 0.247 e. The number of ether oxygens (including phenoxy) is 1. The molecule has 1 heterocycles. The number of rotatable bonds is 2. The van der Waals surface area contributed by atoms with Gasteiger partial charge < -0.3 is 9.64 Å². The molecule has 1 fully saturated rings. The van der Waals surface area contributed by atoms with Crippen LogP contribution in [0.2, 0.25) is 0 Å². The molecule has 4 nitrogen and oxygen atoms in total. The molecule has 18 heavy (non-hydrogen) atoms. The first-order valence-electron chi connectivity index (χ1n) is 6.23. The summed E-state index contributed by atoms with van der Waals surface area (Å²) in [5.74, 6) is 0.834. The number of para-hydroxylation sites is 1. The van der Waals surface area contributed by atoms with Gasteiger partial charge in [0.05, 0.1) is 7.11 Å². The number of nitrogens with one attached hydrogen (secondary N) is 1. The molecule has 1 aromatic rings. The largest absolute Gasteiger partial charge is 0.496 e. The zero-order valence-corrected chi connectivity index (χ0v) is 11.2. The molecule has 1 saturated heterocycles. The average molecular weight is 248 g/mol. The summed E-state index contributed by atoms with van der Waals surface area (Å²) in [7, 11) is 3.48. The van der Waals surface area contributed by atoms with Crippen LogP contribution in [0.3, 0.4) is 0 Å². The van der Waals surface area contributed by atoms with E-state index in [1.54, 1.807) is 12.0 Å². The third kappa shape index (κ3) is 2.08. The summed E-state index contributed by atoms with van der Waals surface area (Å²) < 4.78 is 5.38. The minimum absolute atomic E-state index is 0.0875. The molecule has 0 saturated carbocycles. The minimum atomic E-state index is -0.710. The molecule has 1 aliphatic heterocycles. The monoisotopic (exact) mass is 248 g/mol. The average Bonchev–Trinajstić information content (AvgIpc) is 2.53. The molecule has 1 unspecified atom stereocenters. The second-order valence-electron chi connectivity index (χ2n) is 4.83. The van der Waals surface area contributed by atoms with Gasteiger partial charge in [0, 0.05) is 19.2 Å². The van der Waals surface area contributed by atoms with E-state index in [-0.39, 0.29) is 5.91 Å². The van der Waals surface area contributed by atoms with Crippen molar-refractivity contribution < 1.29 is 9.53 Å². The predicted octanol–water partition coefficient (Wildman–Crippen LogP) is 1.36. The standard InChI is InChI=1S/C14H20N2O2/c1-14(11-7-4-5-8-12(11)18-3)13(17)16(2)10-6-9-15-14/h4-5,7-8,15H,6,9-10H2,1-3H3. The van der Waals surface area contributed by atoms with Crippen LogP contribution in [0.25, 0.3) is 0 Å². The summed E-state index contributed by atoms with van der Waals surface area (Å²) in [5, 5.41) is 3.36. The molecule has 98 valence electrons. The normalized spacial score (nSPS) is 24.8. The van der Waals surface area contributed by atoms with Gasteiger partial charge in [-0.2, -0.15) is 0 Å². The summed E-state index contributed by atoms with van der Waals surface area (Å²) in [6.45, 7) is 3.54. The van der Waals surface area contributed by atoms with Crippen molar-refractivity contribution in [1.29, 1.82) is 0 Å². The third-order valence-electron chi connectivity index (χ3n) is 3.57. The Kier molecular flexibility index (Phi) is 3.57. The number of methoxy groups -OCH3 is 1. The van der Waals surface area contributed by atoms with Crippen molar-refractivity contribution in [1.82, 2.24) is 10.2 Å². The van der Waals surface area contributed by atoms with E-state index in [4.69, 9.17) is 4.74 Å². The van der Waals surface area contributed by atoms with Gasteiger partial charge in [-0.05, 0) is 26.0 Å². The number of hydrogen-bond donors (Lipinski definition) is 1. The molecule has 0 aromatic heterocycles. The summed E-state index contributed by atoms with van der Waals surface area (Å²) >= 11 is 0. The highest BCUT2D eigenvalue weighted by Gasteiger charge is 2.40. The highest BCUT2D eigenvalue weighted by Crippen LogP contribution is 2.32. The molecule has 0 spiro atoms. The second kappa shape index (κ2) is 4.98. The van der Waals surface area contributed by atoms with Gasteiger partial charge in [0.2, 0.25) is 5.91 Å². The molecule has 2 rings (SSSR count). The first-order chi connectivity index (χ1) is 8.59. The van der Waals surface area contributed by atoms with E-state index in [0.29, 0.717) is 0 Å². The van der Waals surface area contributed by atoms with Gasteiger partial charge in [-0.15, -0.1) is 0 Å². The fourth-order valence-corrected chi connectivity index (χ4v) is 2.48. The van der Waals surface area contributed by atoms with Crippen molar-refractivity contribution in [2.75, 3.05) is 27.2 Å². The molecule has 1 aromatic carbocycles. The molecule has 1 N–H and O–H groups in total. The lowest BCUT2D eigenvalue weighted by Gasteiger charge is -2.32. The Morgan fingerprint density at radius 2 is 2.11 bits per heavy atom. The van der Waals surface area contributed by atoms with E-state index in [2.05, 4.69) is 5.32 Å². The summed E-state index contributed by atoms with van der Waals surface area (Å²) in [6.07, 6.45) is 0.965. The zero-order chi connectivity index (χ0) is 13.2. The Morgan fingerprint density at radius 3 is 2.83 bits per heavy atom. The van der Waals surface area contributed by atoms with Crippen LogP contribution in [-0.2, 0) is 10.3 Å². The number of carbonyl (C=O) groups excluding carboxylic acids is 1. The van der Waals surface area contributed by atoms with Crippen molar-refractivity contribution in [3.05, 3.63) is 29.8 Å². The maximum absolute atomic E-state index is 12.5. The molecule has 0 radical (unpaired) electrons. The van der Waals surface area contributed by atoms with Gasteiger partial charge in [0.15, 0.2) is 0 Å². The van der Waals surface area contributed by atoms with Gasteiger partial charge in [0.1, 0.15) is 11.3 Å². The first kappa shape index (κ1) is 12.9. The van der Waals surface area contributed by atoms with E-state index in [1.807, 2.05) is 38.2 Å². The van der Waals surface area contributed by atoms with Gasteiger partial charge in [0.25, 0.3) is 0 Å². The van der Waals surface area contributed by atoms with Crippen molar-refractivity contribution in [2.24, 2.45) is 0 Å².